The summed E-state index contributed by atoms with van der Waals surface area (Å²) in [6, 6.07) is 3.77. The Balaban J connectivity index is 2.09. The van der Waals surface area contributed by atoms with Gasteiger partial charge in [-0.1, -0.05) is 0 Å². The molecule has 88 valence electrons. The van der Waals surface area contributed by atoms with Crippen LogP contribution in [0, 0.1) is 0 Å². The number of nitrogens with zero attached hydrogens (tertiary/aromatic N) is 2. The molecule has 5 heteroatoms. The van der Waals surface area contributed by atoms with Crippen molar-refractivity contribution < 1.29 is 9.47 Å². The predicted octanol–water partition coefficient (Wildman–Crippen LogP) is 0.514. The number of pyridine rings is 1. The van der Waals surface area contributed by atoms with Crippen molar-refractivity contribution in [3.63, 3.8) is 0 Å². The third-order valence-corrected chi connectivity index (χ3v) is 2.96. The van der Waals surface area contributed by atoms with Crippen LogP contribution in [0.5, 0.6) is 0 Å². The van der Waals surface area contributed by atoms with Gasteiger partial charge in [-0.2, -0.15) is 0 Å². The lowest BCUT2D eigenvalue weighted by Crippen LogP contribution is -2.27. The summed E-state index contributed by atoms with van der Waals surface area (Å²) in [6.07, 6.45) is 2.00. The zero-order valence-electron chi connectivity index (χ0n) is 9.59. The van der Waals surface area contributed by atoms with Gasteiger partial charge in [-0.25, -0.2) is 4.98 Å². The maximum Gasteiger partial charge on any atom is 0.123 e. The minimum absolute atomic E-state index is 0.113. The van der Waals surface area contributed by atoms with E-state index < -0.39 is 0 Å². The van der Waals surface area contributed by atoms with Crippen molar-refractivity contribution in [3.05, 3.63) is 18.3 Å². The van der Waals surface area contributed by atoms with E-state index in [1.165, 1.54) is 0 Å². The maximum atomic E-state index is 5.55. The van der Waals surface area contributed by atoms with Crippen molar-refractivity contribution in [1.29, 1.82) is 0 Å². The number of nitrogens with two attached hydrogens (primary N) is 1. The first-order valence-corrected chi connectivity index (χ1v) is 5.26. The van der Waals surface area contributed by atoms with Gasteiger partial charge in [0.2, 0.25) is 0 Å². The van der Waals surface area contributed by atoms with Gasteiger partial charge in [0.25, 0.3) is 0 Å². The van der Waals surface area contributed by atoms with E-state index in [-0.39, 0.29) is 12.2 Å². The van der Waals surface area contributed by atoms with E-state index in [2.05, 4.69) is 9.88 Å². The number of hydrogen-bond acceptors (Lipinski definition) is 5. The van der Waals surface area contributed by atoms with Gasteiger partial charge in [0, 0.05) is 27.3 Å². The van der Waals surface area contributed by atoms with Crippen molar-refractivity contribution in [3.8, 4) is 0 Å². The van der Waals surface area contributed by atoms with E-state index in [4.69, 9.17) is 15.2 Å². The molecule has 1 aliphatic heterocycles. The van der Waals surface area contributed by atoms with Gasteiger partial charge in [0.05, 0.1) is 11.9 Å². The molecule has 0 amide bonds. The summed E-state index contributed by atoms with van der Waals surface area (Å²) in [6.45, 7) is 1.64. The number of ether oxygens (including phenoxy) is 2. The Morgan fingerprint density at radius 1 is 1.25 bits per heavy atom. The third-order valence-electron chi connectivity index (χ3n) is 2.96. The molecular weight excluding hydrogens is 206 g/mol. The summed E-state index contributed by atoms with van der Waals surface area (Å²) in [5.41, 5.74) is 6.60. The highest BCUT2D eigenvalue weighted by Crippen LogP contribution is 2.22. The second kappa shape index (κ2) is 4.67. The standard InChI is InChI=1S/C11H17N3O2/c1-15-9-6-14(7-10(9)16-2)8-3-4-11(12)13-5-8/h3-5,9-10H,6-7H2,1-2H3,(H2,12,13). The zero-order chi connectivity index (χ0) is 11.5. The summed E-state index contributed by atoms with van der Waals surface area (Å²) in [7, 11) is 3.42. The number of nitrogen functional groups attached to an aromatic ring is 1. The van der Waals surface area contributed by atoms with E-state index in [0.717, 1.165) is 18.8 Å². The molecule has 2 heterocycles. The van der Waals surface area contributed by atoms with Crippen molar-refractivity contribution in [2.24, 2.45) is 0 Å². The van der Waals surface area contributed by atoms with Crippen molar-refractivity contribution in [2.45, 2.75) is 12.2 Å². The lowest BCUT2D eigenvalue weighted by atomic mass is 10.3. The number of aromatic nitrogens is 1. The molecule has 1 aromatic heterocycles. The van der Waals surface area contributed by atoms with Crippen LogP contribution in [-0.2, 0) is 9.47 Å². The SMILES string of the molecule is COC1CN(c2ccc(N)nc2)CC1OC. The lowest BCUT2D eigenvalue weighted by Gasteiger charge is -2.17. The Morgan fingerprint density at radius 2 is 1.88 bits per heavy atom. The molecule has 0 aromatic carbocycles. The summed E-state index contributed by atoms with van der Waals surface area (Å²) >= 11 is 0. The minimum atomic E-state index is 0.113. The number of methoxy groups -OCH3 is 2. The molecule has 16 heavy (non-hydrogen) atoms. The van der Waals surface area contributed by atoms with Crippen LogP contribution in [0.25, 0.3) is 0 Å². The molecule has 1 saturated heterocycles. The Bertz CT molecular complexity index is 330. The first kappa shape index (κ1) is 11.2. The molecule has 1 aliphatic rings. The Labute approximate surface area is 95.2 Å². The highest BCUT2D eigenvalue weighted by Gasteiger charge is 2.33. The molecule has 0 radical (unpaired) electrons. The van der Waals surface area contributed by atoms with E-state index in [9.17, 15) is 0 Å². The maximum absolute atomic E-state index is 5.55. The summed E-state index contributed by atoms with van der Waals surface area (Å²) in [5.74, 6) is 0.537. The van der Waals surface area contributed by atoms with Crippen LogP contribution in [0.2, 0.25) is 0 Å². The van der Waals surface area contributed by atoms with Gasteiger partial charge in [0.1, 0.15) is 18.0 Å². The molecule has 1 aromatic rings. The van der Waals surface area contributed by atoms with Crippen LogP contribution in [0.4, 0.5) is 11.5 Å². The van der Waals surface area contributed by atoms with Gasteiger partial charge >= 0.3 is 0 Å². The largest absolute Gasteiger partial charge is 0.384 e. The Hall–Kier alpha value is -1.33. The molecule has 2 unspecified atom stereocenters. The molecule has 2 atom stereocenters. The highest BCUT2D eigenvalue weighted by atomic mass is 16.5. The second-order valence-corrected chi connectivity index (χ2v) is 3.89. The normalized spacial score (nSPS) is 25.0. The quantitative estimate of drug-likeness (QED) is 0.809. The lowest BCUT2D eigenvalue weighted by molar-refractivity contribution is -0.00461. The summed E-state index contributed by atoms with van der Waals surface area (Å²) in [5, 5.41) is 0. The van der Waals surface area contributed by atoms with Crippen molar-refractivity contribution in [2.75, 3.05) is 37.9 Å². The summed E-state index contributed by atoms with van der Waals surface area (Å²) < 4.78 is 10.8. The van der Waals surface area contributed by atoms with Gasteiger partial charge in [0.15, 0.2) is 0 Å². The molecule has 0 spiro atoms. The van der Waals surface area contributed by atoms with Gasteiger partial charge in [-0.3, -0.25) is 0 Å². The van der Waals surface area contributed by atoms with E-state index >= 15 is 0 Å². The van der Waals surface area contributed by atoms with Crippen LogP contribution in [0.3, 0.4) is 0 Å². The fraction of sp³-hybridized carbons (Fsp3) is 0.545. The van der Waals surface area contributed by atoms with Gasteiger partial charge in [-0.15, -0.1) is 0 Å². The van der Waals surface area contributed by atoms with Crippen LogP contribution < -0.4 is 10.6 Å². The first-order chi connectivity index (χ1) is 7.74. The molecule has 1 fully saturated rings. The molecular formula is C11H17N3O2. The van der Waals surface area contributed by atoms with E-state index in [1.807, 2.05) is 6.07 Å². The second-order valence-electron chi connectivity index (χ2n) is 3.89. The Kier molecular flexibility index (Phi) is 3.26. The molecule has 0 aliphatic carbocycles. The molecule has 5 nitrogen and oxygen atoms in total. The van der Waals surface area contributed by atoms with Crippen LogP contribution in [-0.4, -0.2) is 44.5 Å². The monoisotopic (exact) mass is 223 g/mol. The van der Waals surface area contributed by atoms with Crippen molar-refractivity contribution >= 4 is 11.5 Å². The zero-order valence-corrected chi connectivity index (χ0v) is 9.59. The number of hydrogen-bond donors (Lipinski definition) is 1. The average Bonchev–Trinajstić information content (AvgIpc) is 2.73. The van der Waals surface area contributed by atoms with Crippen molar-refractivity contribution in [1.82, 2.24) is 4.98 Å². The fourth-order valence-corrected chi connectivity index (χ4v) is 1.99. The smallest absolute Gasteiger partial charge is 0.123 e. The minimum Gasteiger partial charge on any atom is -0.384 e. The van der Waals surface area contributed by atoms with Gasteiger partial charge < -0.3 is 20.1 Å². The number of anilines is 2. The van der Waals surface area contributed by atoms with Crippen LogP contribution >= 0.6 is 0 Å². The number of rotatable bonds is 3. The van der Waals surface area contributed by atoms with E-state index in [0.29, 0.717) is 5.82 Å². The predicted molar refractivity (Wildman–Crippen MR) is 62.5 cm³/mol. The highest BCUT2D eigenvalue weighted by molar-refractivity contribution is 5.49. The third kappa shape index (κ3) is 2.10. The van der Waals surface area contributed by atoms with Crippen LogP contribution in [0.15, 0.2) is 18.3 Å². The van der Waals surface area contributed by atoms with Gasteiger partial charge in [-0.05, 0) is 12.1 Å². The summed E-state index contributed by atoms with van der Waals surface area (Å²) in [4.78, 5) is 6.27. The van der Waals surface area contributed by atoms with E-state index in [1.54, 1.807) is 26.5 Å². The molecule has 0 bridgehead atoms. The van der Waals surface area contributed by atoms with Crippen LogP contribution in [0.1, 0.15) is 0 Å². The molecule has 2 N–H and O–H groups in total. The molecule has 2 rings (SSSR count). The first-order valence-electron chi connectivity index (χ1n) is 5.26. The topological polar surface area (TPSA) is 60.6 Å². The average molecular weight is 223 g/mol. The molecule has 0 saturated carbocycles. The fourth-order valence-electron chi connectivity index (χ4n) is 1.99. The Morgan fingerprint density at radius 3 is 2.31 bits per heavy atom.